The molecule has 1 atom stereocenters. The van der Waals surface area contributed by atoms with E-state index in [-0.39, 0.29) is 5.91 Å². The minimum absolute atomic E-state index is 0.0247. The standard InChI is InChI=1S/C13H17ClN2O2/c1-18-11-6-5-10(9-15-11)12(14)13(17)16-7-3-2-4-8-16/h5-6,9,12H,2-4,7-8H2,1H3. The molecule has 0 aromatic carbocycles. The molecule has 4 nitrogen and oxygen atoms in total. The first kappa shape index (κ1) is 13.1. The van der Waals surface area contributed by atoms with Gasteiger partial charge in [0.25, 0.3) is 0 Å². The molecular formula is C13H17ClN2O2. The van der Waals surface area contributed by atoms with Gasteiger partial charge in [0.1, 0.15) is 5.38 Å². The smallest absolute Gasteiger partial charge is 0.245 e. The van der Waals surface area contributed by atoms with Crippen LogP contribution in [0.4, 0.5) is 0 Å². The van der Waals surface area contributed by atoms with Crippen LogP contribution in [0.2, 0.25) is 0 Å². The van der Waals surface area contributed by atoms with Gasteiger partial charge in [0.2, 0.25) is 11.8 Å². The number of aromatic nitrogens is 1. The zero-order chi connectivity index (χ0) is 13.0. The minimum Gasteiger partial charge on any atom is -0.481 e. The summed E-state index contributed by atoms with van der Waals surface area (Å²) in [7, 11) is 1.55. The van der Waals surface area contributed by atoms with Gasteiger partial charge >= 0.3 is 0 Å². The number of carbonyl (C=O) groups excluding carboxylic acids is 1. The summed E-state index contributed by atoms with van der Waals surface area (Å²) in [5, 5.41) is -0.651. The van der Waals surface area contributed by atoms with Gasteiger partial charge in [0.15, 0.2) is 0 Å². The Bertz CT molecular complexity index is 402. The topological polar surface area (TPSA) is 42.4 Å². The second kappa shape index (κ2) is 6.05. The molecule has 0 aliphatic carbocycles. The number of alkyl halides is 1. The molecular weight excluding hydrogens is 252 g/mol. The van der Waals surface area contributed by atoms with Crippen LogP contribution in [0.5, 0.6) is 5.88 Å². The summed E-state index contributed by atoms with van der Waals surface area (Å²) in [6, 6.07) is 3.50. The molecule has 1 fully saturated rings. The second-order valence-electron chi connectivity index (χ2n) is 4.38. The fourth-order valence-electron chi connectivity index (χ4n) is 2.08. The number of methoxy groups -OCH3 is 1. The van der Waals surface area contributed by atoms with E-state index in [1.807, 2.05) is 4.90 Å². The van der Waals surface area contributed by atoms with Gasteiger partial charge in [-0.1, -0.05) is 6.07 Å². The van der Waals surface area contributed by atoms with E-state index in [1.54, 1.807) is 25.4 Å². The Hall–Kier alpha value is -1.29. The lowest BCUT2D eigenvalue weighted by Gasteiger charge is -2.28. The third-order valence-corrected chi connectivity index (χ3v) is 3.58. The number of halogens is 1. The van der Waals surface area contributed by atoms with Crippen molar-refractivity contribution in [2.45, 2.75) is 24.6 Å². The largest absolute Gasteiger partial charge is 0.481 e. The molecule has 0 bridgehead atoms. The Morgan fingerprint density at radius 2 is 2.11 bits per heavy atom. The summed E-state index contributed by atoms with van der Waals surface area (Å²) >= 11 is 6.21. The molecule has 1 aromatic rings. The van der Waals surface area contributed by atoms with Gasteiger partial charge < -0.3 is 9.64 Å². The van der Waals surface area contributed by atoms with Gasteiger partial charge in [-0.05, 0) is 24.8 Å². The SMILES string of the molecule is COc1ccc(C(Cl)C(=O)N2CCCCC2)cn1. The van der Waals surface area contributed by atoms with Gasteiger partial charge in [-0.25, -0.2) is 4.98 Å². The van der Waals surface area contributed by atoms with E-state index in [0.29, 0.717) is 11.4 Å². The quantitative estimate of drug-likeness (QED) is 0.791. The van der Waals surface area contributed by atoms with Crippen molar-refractivity contribution in [3.05, 3.63) is 23.9 Å². The monoisotopic (exact) mass is 268 g/mol. The number of ether oxygens (including phenoxy) is 1. The summed E-state index contributed by atoms with van der Waals surface area (Å²) < 4.78 is 4.98. The van der Waals surface area contributed by atoms with Gasteiger partial charge in [0, 0.05) is 25.4 Å². The van der Waals surface area contributed by atoms with Gasteiger partial charge in [-0.3, -0.25) is 4.79 Å². The lowest BCUT2D eigenvalue weighted by Crippen LogP contribution is -2.37. The van der Waals surface area contributed by atoms with E-state index in [2.05, 4.69) is 4.98 Å². The lowest BCUT2D eigenvalue weighted by atomic mass is 10.1. The molecule has 2 rings (SSSR count). The highest BCUT2D eigenvalue weighted by atomic mass is 35.5. The van der Waals surface area contributed by atoms with E-state index in [4.69, 9.17) is 16.3 Å². The first-order valence-electron chi connectivity index (χ1n) is 6.15. The minimum atomic E-state index is -0.651. The summed E-state index contributed by atoms with van der Waals surface area (Å²) in [4.78, 5) is 18.1. The van der Waals surface area contributed by atoms with Crippen LogP contribution in [0.1, 0.15) is 30.2 Å². The molecule has 1 unspecified atom stereocenters. The van der Waals surface area contributed by atoms with Crippen molar-refractivity contribution in [3.8, 4) is 5.88 Å². The van der Waals surface area contributed by atoms with Crippen molar-refractivity contribution in [1.82, 2.24) is 9.88 Å². The van der Waals surface area contributed by atoms with Crippen molar-refractivity contribution in [1.29, 1.82) is 0 Å². The zero-order valence-corrected chi connectivity index (χ0v) is 11.2. The van der Waals surface area contributed by atoms with Crippen molar-refractivity contribution < 1.29 is 9.53 Å². The third kappa shape index (κ3) is 2.93. The normalized spacial score (nSPS) is 17.3. The van der Waals surface area contributed by atoms with Gasteiger partial charge in [-0.15, -0.1) is 11.6 Å². The lowest BCUT2D eigenvalue weighted by molar-refractivity contribution is -0.131. The van der Waals surface area contributed by atoms with Crippen LogP contribution in [0.25, 0.3) is 0 Å². The summed E-state index contributed by atoms with van der Waals surface area (Å²) in [6.45, 7) is 1.62. The van der Waals surface area contributed by atoms with Crippen molar-refractivity contribution in [2.75, 3.05) is 20.2 Å². The predicted octanol–water partition coefficient (Wildman–Crippen LogP) is 2.38. The van der Waals surface area contributed by atoms with E-state index in [1.165, 1.54) is 6.42 Å². The molecule has 18 heavy (non-hydrogen) atoms. The number of nitrogens with zero attached hydrogens (tertiary/aromatic N) is 2. The first-order valence-corrected chi connectivity index (χ1v) is 6.59. The first-order chi connectivity index (χ1) is 8.72. The Kier molecular flexibility index (Phi) is 4.42. The van der Waals surface area contributed by atoms with Crippen LogP contribution in [-0.2, 0) is 4.79 Å². The maximum absolute atomic E-state index is 12.2. The molecule has 98 valence electrons. The van der Waals surface area contributed by atoms with Crippen LogP contribution in [0, 0.1) is 0 Å². The fraction of sp³-hybridized carbons (Fsp3) is 0.538. The van der Waals surface area contributed by atoms with Crippen LogP contribution >= 0.6 is 11.6 Å². The fourth-order valence-corrected chi connectivity index (χ4v) is 2.35. The summed E-state index contributed by atoms with van der Waals surface area (Å²) in [5.41, 5.74) is 0.716. The van der Waals surface area contributed by atoms with E-state index in [0.717, 1.165) is 25.9 Å². The van der Waals surface area contributed by atoms with E-state index >= 15 is 0 Å². The van der Waals surface area contributed by atoms with Crippen molar-refractivity contribution >= 4 is 17.5 Å². The molecule has 2 heterocycles. The molecule has 0 radical (unpaired) electrons. The Balaban J connectivity index is 2.04. The van der Waals surface area contributed by atoms with E-state index < -0.39 is 5.38 Å². The molecule has 1 saturated heterocycles. The van der Waals surface area contributed by atoms with Crippen LogP contribution < -0.4 is 4.74 Å². The predicted molar refractivity (Wildman–Crippen MR) is 69.8 cm³/mol. The number of hydrogen-bond acceptors (Lipinski definition) is 3. The summed E-state index contributed by atoms with van der Waals surface area (Å²) in [6.07, 6.45) is 4.92. The molecule has 1 aromatic heterocycles. The molecule has 1 aliphatic heterocycles. The summed E-state index contributed by atoms with van der Waals surface area (Å²) in [5.74, 6) is 0.497. The number of amides is 1. The molecule has 0 saturated carbocycles. The maximum Gasteiger partial charge on any atom is 0.245 e. The van der Waals surface area contributed by atoms with E-state index in [9.17, 15) is 4.79 Å². The van der Waals surface area contributed by atoms with Crippen LogP contribution in [0.3, 0.4) is 0 Å². The third-order valence-electron chi connectivity index (χ3n) is 3.15. The highest BCUT2D eigenvalue weighted by Gasteiger charge is 2.25. The van der Waals surface area contributed by atoms with Gasteiger partial charge in [0.05, 0.1) is 7.11 Å². The number of piperidine rings is 1. The molecule has 5 heteroatoms. The molecule has 0 spiro atoms. The highest BCUT2D eigenvalue weighted by Crippen LogP contribution is 2.25. The number of carbonyl (C=O) groups is 1. The average molecular weight is 269 g/mol. The number of hydrogen-bond donors (Lipinski definition) is 0. The Morgan fingerprint density at radius 1 is 1.39 bits per heavy atom. The number of pyridine rings is 1. The Labute approximate surface area is 112 Å². The van der Waals surface area contributed by atoms with Crippen LogP contribution in [-0.4, -0.2) is 36.0 Å². The maximum atomic E-state index is 12.2. The zero-order valence-electron chi connectivity index (χ0n) is 10.4. The number of likely N-dealkylation sites (tertiary alicyclic amines) is 1. The van der Waals surface area contributed by atoms with Gasteiger partial charge in [-0.2, -0.15) is 0 Å². The van der Waals surface area contributed by atoms with Crippen molar-refractivity contribution in [2.24, 2.45) is 0 Å². The highest BCUT2D eigenvalue weighted by molar-refractivity contribution is 6.30. The van der Waals surface area contributed by atoms with Crippen molar-refractivity contribution in [3.63, 3.8) is 0 Å². The molecule has 1 aliphatic rings. The number of rotatable bonds is 3. The Morgan fingerprint density at radius 3 is 2.67 bits per heavy atom. The average Bonchev–Trinajstić information content (AvgIpc) is 2.47. The molecule has 0 N–H and O–H groups in total. The molecule has 1 amide bonds. The second-order valence-corrected chi connectivity index (χ2v) is 4.82. The van der Waals surface area contributed by atoms with Crippen LogP contribution in [0.15, 0.2) is 18.3 Å².